The highest BCUT2D eigenvalue weighted by Gasteiger charge is 2.38. The monoisotopic (exact) mass is 219 g/mol. The number of hydrogen-bond acceptors (Lipinski definition) is 2. The van der Waals surface area contributed by atoms with Gasteiger partial charge in [0.2, 0.25) is 5.91 Å². The van der Waals surface area contributed by atoms with E-state index in [-0.39, 0.29) is 0 Å². The molecule has 4 nitrogen and oxygen atoms in total. The van der Waals surface area contributed by atoms with E-state index in [0.29, 0.717) is 17.7 Å². The van der Waals surface area contributed by atoms with E-state index in [0.717, 1.165) is 25.9 Å². The van der Waals surface area contributed by atoms with Crippen LogP contribution in [0.3, 0.4) is 0 Å². The van der Waals surface area contributed by atoms with E-state index in [9.17, 15) is 4.79 Å². The van der Waals surface area contributed by atoms with Crippen LogP contribution in [0.25, 0.3) is 0 Å². The first kappa shape index (κ1) is 9.87. The van der Waals surface area contributed by atoms with Crippen molar-refractivity contribution in [3.8, 4) is 0 Å². The molecule has 1 aliphatic heterocycles. The molecule has 86 valence electrons. The number of carbonyl (C=O) groups is 1. The van der Waals surface area contributed by atoms with Crippen molar-refractivity contribution in [2.24, 2.45) is 5.92 Å². The second-order valence-corrected chi connectivity index (χ2v) is 5.03. The number of aromatic nitrogens is 2. The Morgan fingerprint density at radius 2 is 2.25 bits per heavy atom. The van der Waals surface area contributed by atoms with Crippen molar-refractivity contribution in [2.75, 3.05) is 13.1 Å². The van der Waals surface area contributed by atoms with Gasteiger partial charge in [0.05, 0.1) is 6.20 Å². The molecule has 2 heterocycles. The van der Waals surface area contributed by atoms with Crippen LogP contribution in [0.1, 0.15) is 36.4 Å². The van der Waals surface area contributed by atoms with Gasteiger partial charge >= 0.3 is 0 Å². The first-order valence-electron chi connectivity index (χ1n) is 6.04. The lowest BCUT2D eigenvalue weighted by Crippen LogP contribution is -2.51. The van der Waals surface area contributed by atoms with Crippen molar-refractivity contribution in [3.05, 3.63) is 17.5 Å². The van der Waals surface area contributed by atoms with Crippen molar-refractivity contribution in [1.29, 1.82) is 0 Å². The predicted octanol–water partition coefficient (Wildman–Crippen LogP) is 1.44. The molecular formula is C12H17N3O. The molecule has 1 N–H and O–H groups in total. The number of amides is 1. The molecule has 1 saturated heterocycles. The minimum absolute atomic E-state index is 0.337. The summed E-state index contributed by atoms with van der Waals surface area (Å²) in [6.45, 7) is 3.81. The third kappa shape index (κ3) is 1.44. The van der Waals surface area contributed by atoms with Crippen LogP contribution in [0.5, 0.6) is 0 Å². The van der Waals surface area contributed by atoms with Gasteiger partial charge in [-0.25, -0.2) is 0 Å². The van der Waals surface area contributed by atoms with Gasteiger partial charge in [-0.3, -0.25) is 9.89 Å². The molecule has 2 fully saturated rings. The number of aryl methyl sites for hydroxylation is 1. The zero-order valence-electron chi connectivity index (χ0n) is 9.57. The van der Waals surface area contributed by atoms with Crippen LogP contribution in [0, 0.1) is 12.8 Å². The maximum absolute atomic E-state index is 11.9. The lowest BCUT2D eigenvalue weighted by molar-refractivity contribution is -0.142. The van der Waals surface area contributed by atoms with Crippen LogP contribution >= 0.6 is 0 Å². The molecule has 4 heteroatoms. The first-order valence-corrected chi connectivity index (χ1v) is 6.04. The highest BCUT2D eigenvalue weighted by Crippen LogP contribution is 2.33. The average molecular weight is 219 g/mol. The molecule has 1 aromatic heterocycles. The number of nitrogens with zero attached hydrogens (tertiary/aromatic N) is 2. The summed E-state index contributed by atoms with van der Waals surface area (Å²) < 4.78 is 0. The van der Waals surface area contributed by atoms with Crippen molar-refractivity contribution in [1.82, 2.24) is 15.1 Å². The molecule has 0 aromatic carbocycles. The largest absolute Gasteiger partial charge is 0.341 e. The minimum atomic E-state index is 0.337. The summed E-state index contributed by atoms with van der Waals surface area (Å²) >= 11 is 0. The maximum Gasteiger partial charge on any atom is 0.225 e. The molecule has 1 saturated carbocycles. The van der Waals surface area contributed by atoms with Gasteiger partial charge in [-0.05, 0) is 25.3 Å². The summed E-state index contributed by atoms with van der Waals surface area (Å²) in [6, 6.07) is 0. The Hall–Kier alpha value is -1.32. The predicted molar refractivity (Wildman–Crippen MR) is 60.0 cm³/mol. The van der Waals surface area contributed by atoms with Crippen molar-refractivity contribution in [3.63, 3.8) is 0 Å². The number of nitrogens with one attached hydrogen (secondary N) is 1. The molecule has 1 aliphatic carbocycles. The van der Waals surface area contributed by atoms with Gasteiger partial charge in [0.25, 0.3) is 0 Å². The maximum atomic E-state index is 11.9. The average Bonchev–Trinajstić information content (AvgIpc) is 2.46. The van der Waals surface area contributed by atoms with Gasteiger partial charge in [0.1, 0.15) is 0 Å². The minimum Gasteiger partial charge on any atom is -0.341 e. The Morgan fingerprint density at radius 3 is 2.75 bits per heavy atom. The molecule has 1 aromatic rings. The molecule has 2 aliphatic rings. The van der Waals surface area contributed by atoms with Gasteiger partial charge < -0.3 is 4.90 Å². The highest BCUT2D eigenvalue weighted by molar-refractivity contribution is 5.80. The summed E-state index contributed by atoms with van der Waals surface area (Å²) in [6.07, 6.45) is 5.28. The molecular weight excluding hydrogens is 202 g/mol. The molecule has 0 radical (unpaired) electrons. The van der Waals surface area contributed by atoms with E-state index in [1.165, 1.54) is 17.7 Å². The summed E-state index contributed by atoms with van der Waals surface area (Å²) in [5, 5.41) is 7.06. The quantitative estimate of drug-likeness (QED) is 0.818. The van der Waals surface area contributed by atoms with Gasteiger partial charge in [-0.2, -0.15) is 5.10 Å². The fraction of sp³-hybridized carbons (Fsp3) is 0.667. The lowest BCUT2D eigenvalue weighted by Gasteiger charge is -2.42. The number of hydrogen-bond donors (Lipinski definition) is 1. The van der Waals surface area contributed by atoms with Crippen LogP contribution < -0.4 is 0 Å². The summed E-state index contributed by atoms with van der Waals surface area (Å²) in [4.78, 5) is 13.9. The van der Waals surface area contributed by atoms with Gasteiger partial charge in [0.15, 0.2) is 0 Å². The van der Waals surface area contributed by atoms with Gasteiger partial charge in [0, 0.05) is 30.6 Å². The second kappa shape index (κ2) is 3.61. The number of likely N-dealkylation sites (tertiary alicyclic amines) is 1. The second-order valence-electron chi connectivity index (χ2n) is 5.03. The highest BCUT2D eigenvalue weighted by atomic mass is 16.2. The van der Waals surface area contributed by atoms with Crippen molar-refractivity contribution < 1.29 is 4.79 Å². The number of H-pyrrole nitrogens is 1. The number of aromatic amines is 1. The van der Waals surface area contributed by atoms with Gasteiger partial charge in [-0.1, -0.05) is 6.42 Å². The number of carbonyl (C=O) groups excluding carboxylic acids is 1. The van der Waals surface area contributed by atoms with E-state index < -0.39 is 0 Å². The summed E-state index contributed by atoms with van der Waals surface area (Å²) in [5.41, 5.74) is 2.42. The molecule has 0 spiro atoms. The molecule has 0 unspecified atom stereocenters. The summed E-state index contributed by atoms with van der Waals surface area (Å²) in [7, 11) is 0. The third-order valence-corrected chi connectivity index (χ3v) is 3.92. The van der Waals surface area contributed by atoms with Crippen LogP contribution in [0.4, 0.5) is 0 Å². The van der Waals surface area contributed by atoms with Gasteiger partial charge in [-0.15, -0.1) is 0 Å². The van der Waals surface area contributed by atoms with Crippen LogP contribution in [-0.2, 0) is 4.79 Å². The Morgan fingerprint density at radius 1 is 1.50 bits per heavy atom. The Balaban J connectivity index is 1.58. The molecule has 3 rings (SSSR count). The Kier molecular flexibility index (Phi) is 2.23. The smallest absolute Gasteiger partial charge is 0.225 e. The SMILES string of the molecule is Cc1cn[nH]c1C1CN(C(=O)C2CCC2)C1. The van der Waals surface area contributed by atoms with Crippen LogP contribution in [-0.4, -0.2) is 34.1 Å². The zero-order chi connectivity index (χ0) is 11.1. The fourth-order valence-electron chi connectivity index (χ4n) is 2.52. The normalized spacial score (nSPS) is 21.7. The topological polar surface area (TPSA) is 49.0 Å². The zero-order valence-corrected chi connectivity index (χ0v) is 9.57. The van der Waals surface area contributed by atoms with Crippen LogP contribution in [0.2, 0.25) is 0 Å². The Labute approximate surface area is 95.0 Å². The summed E-state index contributed by atoms with van der Waals surface area (Å²) in [5.74, 6) is 1.19. The molecule has 0 bridgehead atoms. The first-order chi connectivity index (χ1) is 7.75. The molecule has 1 amide bonds. The fourth-order valence-corrected chi connectivity index (χ4v) is 2.52. The van der Waals surface area contributed by atoms with E-state index in [4.69, 9.17) is 0 Å². The van der Waals surface area contributed by atoms with Crippen molar-refractivity contribution >= 4 is 5.91 Å². The lowest BCUT2D eigenvalue weighted by atomic mass is 9.82. The molecule has 0 atom stereocenters. The van der Waals surface area contributed by atoms with E-state index >= 15 is 0 Å². The van der Waals surface area contributed by atoms with E-state index in [1.54, 1.807) is 0 Å². The molecule has 16 heavy (non-hydrogen) atoms. The third-order valence-electron chi connectivity index (χ3n) is 3.92. The van der Waals surface area contributed by atoms with E-state index in [2.05, 4.69) is 17.1 Å². The van der Waals surface area contributed by atoms with Crippen molar-refractivity contribution in [2.45, 2.75) is 32.1 Å². The number of rotatable bonds is 2. The van der Waals surface area contributed by atoms with Crippen LogP contribution in [0.15, 0.2) is 6.20 Å². The standard InChI is InChI=1S/C12H17N3O/c1-8-5-13-14-11(8)10-6-15(7-10)12(16)9-3-2-4-9/h5,9-10H,2-4,6-7H2,1H3,(H,13,14). The van der Waals surface area contributed by atoms with E-state index in [1.807, 2.05) is 11.1 Å². The Bertz CT molecular complexity index is 402.